The van der Waals surface area contributed by atoms with Gasteiger partial charge in [0.2, 0.25) is 11.8 Å². The first-order valence-electron chi connectivity index (χ1n) is 8.95. The minimum absolute atomic E-state index is 0.00420. The average molecular weight is 374 g/mol. The second-order valence-electron chi connectivity index (χ2n) is 7.02. The van der Waals surface area contributed by atoms with Gasteiger partial charge in [-0.1, -0.05) is 38.1 Å². The lowest BCUT2D eigenvalue weighted by atomic mass is 10.0. The summed E-state index contributed by atoms with van der Waals surface area (Å²) in [6.45, 7) is 7.59. The molecule has 0 unspecified atom stereocenters. The maximum atomic E-state index is 11.8. The quantitative estimate of drug-likeness (QED) is 0.726. The number of benzene rings is 1. The van der Waals surface area contributed by atoms with Crippen molar-refractivity contribution in [1.29, 1.82) is 0 Å². The lowest BCUT2D eigenvalue weighted by Gasteiger charge is -2.12. The molecule has 1 aromatic carbocycles. The lowest BCUT2D eigenvalue weighted by Crippen LogP contribution is -2.30. The Morgan fingerprint density at radius 2 is 1.85 bits per heavy atom. The molecule has 0 spiro atoms. The Kier molecular flexibility index (Phi) is 7.33. The van der Waals surface area contributed by atoms with Crippen molar-refractivity contribution in [3.63, 3.8) is 0 Å². The molecule has 0 aliphatic rings. The molecule has 1 aromatic heterocycles. The van der Waals surface area contributed by atoms with Crippen molar-refractivity contribution >= 4 is 28.3 Å². The van der Waals surface area contributed by atoms with Crippen molar-refractivity contribution < 1.29 is 9.59 Å². The van der Waals surface area contributed by atoms with Gasteiger partial charge in [0.1, 0.15) is 0 Å². The number of rotatable bonds is 8. The van der Waals surface area contributed by atoms with Crippen molar-refractivity contribution in [2.45, 2.75) is 53.0 Å². The summed E-state index contributed by atoms with van der Waals surface area (Å²) in [6, 6.07) is 8.45. The Morgan fingerprint density at radius 3 is 2.46 bits per heavy atom. The van der Waals surface area contributed by atoms with E-state index in [1.807, 2.05) is 38.3 Å². The highest BCUT2D eigenvalue weighted by atomic mass is 32.1. The molecule has 1 heterocycles. The van der Waals surface area contributed by atoms with Gasteiger partial charge in [-0.15, -0.1) is 11.3 Å². The number of aromatic nitrogens is 1. The van der Waals surface area contributed by atoms with Crippen LogP contribution in [0.3, 0.4) is 0 Å². The lowest BCUT2D eigenvalue weighted by molar-refractivity contribution is -0.119. The van der Waals surface area contributed by atoms with E-state index in [9.17, 15) is 9.59 Å². The van der Waals surface area contributed by atoms with Crippen LogP contribution in [0.5, 0.6) is 0 Å². The number of carbonyl (C=O) groups excluding carboxylic acids is 2. The molecule has 2 rings (SSSR count). The number of amides is 2. The van der Waals surface area contributed by atoms with Crippen LogP contribution in [0.2, 0.25) is 0 Å². The van der Waals surface area contributed by atoms with Crippen molar-refractivity contribution in [2.24, 2.45) is 5.92 Å². The highest BCUT2D eigenvalue weighted by molar-refractivity contribution is 7.14. The second kappa shape index (κ2) is 9.48. The van der Waals surface area contributed by atoms with Gasteiger partial charge in [-0.3, -0.25) is 9.59 Å². The zero-order valence-corrected chi connectivity index (χ0v) is 16.7. The van der Waals surface area contributed by atoms with Crippen LogP contribution < -0.4 is 10.6 Å². The maximum Gasteiger partial charge on any atom is 0.226 e. The third-order valence-corrected chi connectivity index (χ3v) is 4.67. The van der Waals surface area contributed by atoms with Gasteiger partial charge < -0.3 is 10.6 Å². The third kappa shape index (κ3) is 6.59. The van der Waals surface area contributed by atoms with Crippen LogP contribution in [0, 0.1) is 5.92 Å². The number of hydrogen-bond donors (Lipinski definition) is 2. The Hall–Kier alpha value is -2.21. The maximum absolute atomic E-state index is 11.8. The molecular formula is C20H27N3O2S. The first-order chi connectivity index (χ1) is 12.3. The van der Waals surface area contributed by atoms with E-state index < -0.39 is 0 Å². The zero-order chi connectivity index (χ0) is 19.1. The van der Waals surface area contributed by atoms with Crippen molar-refractivity contribution in [1.82, 2.24) is 10.3 Å². The molecule has 0 aliphatic carbocycles. The number of aryl methyl sites for hydroxylation is 1. The number of anilines is 1. The molecule has 0 bridgehead atoms. The predicted octanol–water partition coefficient (Wildman–Crippen LogP) is 4.25. The molecule has 0 saturated carbocycles. The molecule has 0 fully saturated rings. The van der Waals surface area contributed by atoms with Gasteiger partial charge in [-0.25, -0.2) is 4.98 Å². The normalized spacial score (nSPS) is 12.0. The number of nitrogens with zero attached hydrogens (tertiary/aromatic N) is 1. The Labute approximate surface area is 159 Å². The summed E-state index contributed by atoms with van der Waals surface area (Å²) in [7, 11) is 0. The molecule has 2 aromatic rings. The van der Waals surface area contributed by atoms with E-state index in [0.717, 1.165) is 24.1 Å². The summed E-state index contributed by atoms with van der Waals surface area (Å²) < 4.78 is 0. The van der Waals surface area contributed by atoms with Crippen LogP contribution in [-0.2, 0) is 16.0 Å². The molecule has 2 N–H and O–H groups in total. The fourth-order valence-corrected chi connectivity index (χ4v) is 3.39. The summed E-state index contributed by atoms with van der Waals surface area (Å²) in [5.41, 5.74) is 3.13. The summed E-state index contributed by atoms with van der Waals surface area (Å²) in [5.74, 6) is 0.340. The molecule has 0 saturated heterocycles. The molecule has 5 nitrogen and oxygen atoms in total. The van der Waals surface area contributed by atoms with Gasteiger partial charge in [0, 0.05) is 30.3 Å². The molecule has 6 heteroatoms. The van der Waals surface area contributed by atoms with Gasteiger partial charge in [0.15, 0.2) is 5.13 Å². The van der Waals surface area contributed by atoms with E-state index >= 15 is 0 Å². The smallest absolute Gasteiger partial charge is 0.226 e. The second-order valence-corrected chi connectivity index (χ2v) is 7.88. The van der Waals surface area contributed by atoms with E-state index in [2.05, 4.69) is 27.8 Å². The topological polar surface area (TPSA) is 71.1 Å². The van der Waals surface area contributed by atoms with Crippen molar-refractivity contribution in [3.05, 3.63) is 35.2 Å². The van der Waals surface area contributed by atoms with Gasteiger partial charge in [0.25, 0.3) is 0 Å². The number of nitrogens with one attached hydrogen (secondary N) is 2. The molecule has 26 heavy (non-hydrogen) atoms. The third-order valence-electron chi connectivity index (χ3n) is 3.91. The standard InChI is InChI=1S/C20H27N3O2S/c1-13(2)11-19(25)23-20-22-18(12-26-20)17-9-7-16(8-10-17)6-5-14(3)21-15(4)24/h7-10,12-14H,5-6,11H2,1-4H3,(H,21,24)(H,22,23,25)/t14-/m0/s1. The van der Waals surface area contributed by atoms with Gasteiger partial charge in [-0.2, -0.15) is 0 Å². The van der Waals surface area contributed by atoms with Crippen LogP contribution in [0.1, 0.15) is 46.1 Å². The summed E-state index contributed by atoms with van der Waals surface area (Å²) in [6.07, 6.45) is 2.32. The van der Waals surface area contributed by atoms with Crippen molar-refractivity contribution in [2.75, 3.05) is 5.32 Å². The van der Waals surface area contributed by atoms with E-state index in [4.69, 9.17) is 0 Å². The fraction of sp³-hybridized carbons (Fsp3) is 0.450. The first-order valence-corrected chi connectivity index (χ1v) is 9.83. The van der Waals surface area contributed by atoms with E-state index in [1.165, 1.54) is 16.9 Å². The van der Waals surface area contributed by atoms with Crippen LogP contribution in [0.4, 0.5) is 5.13 Å². The molecule has 0 radical (unpaired) electrons. The minimum Gasteiger partial charge on any atom is -0.354 e. The highest BCUT2D eigenvalue weighted by Gasteiger charge is 2.10. The Bertz CT molecular complexity index is 738. The van der Waals surface area contributed by atoms with Crippen LogP contribution >= 0.6 is 11.3 Å². The van der Waals surface area contributed by atoms with Crippen LogP contribution in [0.25, 0.3) is 11.3 Å². The Morgan fingerprint density at radius 1 is 1.15 bits per heavy atom. The van der Waals surface area contributed by atoms with Crippen LogP contribution in [0.15, 0.2) is 29.6 Å². The average Bonchev–Trinajstić information content (AvgIpc) is 3.00. The minimum atomic E-state index is 0.00420. The number of carbonyl (C=O) groups is 2. The summed E-state index contributed by atoms with van der Waals surface area (Å²) >= 11 is 1.44. The zero-order valence-electron chi connectivity index (χ0n) is 15.8. The summed E-state index contributed by atoms with van der Waals surface area (Å²) in [5, 5.41) is 8.35. The number of hydrogen-bond acceptors (Lipinski definition) is 4. The van der Waals surface area contributed by atoms with Crippen molar-refractivity contribution in [3.8, 4) is 11.3 Å². The fourth-order valence-electron chi connectivity index (χ4n) is 2.65. The Balaban J connectivity index is 1.92. The highest BCUT2D eigenvalue weighted by Crippen LogP contribution is 2.25. The van der Waals surface area contributed by atoms with Gasteiger partial charge >= 0.3 is 0 Å². The van der Waals surface area contributed by atoms with E-state index in [0.29, 0.717) is 17.5 Å². The molecule has 1 atom stereocenters. The largest absolute Gasteiger partial charge is 0.354 e. The number of thiazole rings is 1. The van der Waals surface area contributed by atoms with E-state index in [1.54, 1.807) is 6.92 Å². The van der Waals surface area contributed by atoms with Crippen LogP contribution in [-0.4, -0.2) is 22.8 Å². The molecule has 0 aliphatic heterocycles. The molecule has 140 valence electrons. The molecular weight excluding hydrogens is 346 g/mol. The summed E-state index contributed by atoms with van der Waals surface area (Å²) in [4.78, 5) is 27.4. The SMILES string of the molecule is CC(=O)N[C@@H](C)CCc1ccc(-c2csc(NC(=O)CC(C)C)n2)cc1. The first kappa shape index (κ1) is 20.1. The van der Waals surface area contributed by atoms with Gasteiger partial charge in [0.05, 0.1) is 5.69 Å². The van der Waals surface area contributed by atoms with Gasteiger partial charge in [-0.05, 0) is 31.2 Å². The van der Waals surface area contributed by atoms with E-state index in [-0.39, 0.29) is 17.9 Å². The molecule has 2 amide bonds. The predicted molar refractivity (Wildman–Crippen MR) is 107 cm³/mol. The monoisotopic (exact) mass is 373 g/mol.